The van der Waals surface area contributed by atoms with Crippen LogP contribution in [0.1, 0.15) is 194 Å². The van der Waals surface area contributed by atoms with Crippen LogP contribution in [-0.2, 0) is 42.1 Å². The molecule has 0 amide bonds. The van der Waals surface area contributed by atoms with E-state index < -0.39 is 64.0 Å². The van der Waals surface area contributed by atoms with Crippen molar-refractivity contribution in [2.75, 3.05) is 52.9 Å². The lowest BCUT2D eigenvalue weighted by Gasteiger charge is -2.20. The number of unbranched alkanes of at least 4 members (excludes halogenated alkanes) is 24. The maximum atomic E-state index is 12.7. The molecule has 0 aromatic rings. The van der Waals surface area contributed by atoms with Gasteiger partial charge >= 0.3 is 19.8 Å². The van der Waals surface area contributed by atoms with Gasteiger partial charge in [0.1, 0.15) is 24.9 Å². The highest BCUT2D eigenvalue weighted by Crippen LogP contribution is 2.43. The molecule has 0 bridgehead atoms. The van der Waals surface area contributed by atoms with Crippen molar-refractivity contribution >= 4 is 19.8 Å². The summed E-state index contributed by atoms with van der Waals surface area (Å²) in [5.41, 5.74) is 0. The molecule has 0 aliphatic rings. The van der Waals surface area contributed by atoms with Crippen molar-refractivity contribution in [2.24, 2.45) is 0 Å². The van der Waals surface area contributed by atoms with Crippen molar-refractivity contribution < 1.29 is 67.5 Å². The van der Waals surface area contributed by atoms with E-state index in [0.29, 0.717) is 12.8 Å². The van der Waals surface area contributed by atoms with Crippen LogP contribution in [0.5, 0.6) is 0 Å². The van der Waals surface area contributed by atoms with Gasteiger partial charge in [0.05, 0.1) is 46.2 Å². The standard InChI is InChI=1S/C44H87O14P/c1-3-5-7-9-11-13-15-17-19-21-23-25-27-29-43(49)55-37-42(58-44(50)30-28-26-24-22-20-18-16-14-12-10-8-6-4-2)38-57-59(51,52)56-36-41(48)35-54-34-40(47)33-53-32-39(46)31-45/h39-42,45-48H,3-38H2,1-2H3,(H,51,52). The first-order valence-electron chi connectivity index (χ1n) is 23.3. The molecule has 5 unspecified atom stereocenters. The van der Waals surface area contributed by atoms with Crippen LogP contribution in [0, 0.1) is 0 Å². The summed E-state index contributed by atoms with van der Waals surface area (Å²) < 4.78 is 43.7. The van der Waals surface area contributed by atoms with Crippen molar-refractivity contribution in [3.63, 3.8) is 0 Å². The second-order valence-corrected chi connectivity index (χ2v) is 17.5. The summed E-state index contributed by atoms with van der Waals surface area (Å²) in [5.74, 6) is -0.968. The molecular formula is C44H87O14P. The van der Waals surface area contributed by atoms with E-state index in [1.807, 2.05) is 0 Å². The molecule has 0 saturated carbocycles. The van der Waals surface area contributed by atoms with Gasteiger partial charge < -0.3 is 44.3 Å². The molecule has 0 radical (unpaired) electrons. The first-order valence-corrected chi connectivity index (χ1v) is 24.8. The van der Waals surface area contributed by atoms with Crippen LogP contribution in [-0.4, -0.2) is 115 Å². The van der Waals surface area contributed by atoms with Crippen molar-refractivity contribution in [3.8, 4) is 0 Å². The lowest BCUT2D eigenvalue weighted by molar-refractivity contribution is -0.161. The van der Waals surface area contributed by atoms with Crippen molar-refractivity contribution in [1.82, 2.24) is 0 Å². The van der Waals surface area contributed by atoms with Crippen LogP contribution < -0.4 is 0 Å². The predicted molar refractivity (Wildman–Crippen MR) is 230 cm³/mol. The first kappa shape index (κ1) is 57.8. The molecule has 0 aromatic heterocycles. The lowest BCUT2D eigenvalue weighted by Crippen LogP contribution is -2.30. The normalized spacial score (nSPS) is 14.8. The molecule has 0 heterocycles. The van der Waals surface area contributed by atoms with Crippen LogP contribution in [0.25, 0.3) is 0 Å². The summed E-state index contributed by atoms with van der Waals surface area (Å²) >= 11 is 0. The zero-order chi connectivity index (χ0) is 43.7. The molecule has 0 saturated heterocycles. The Kier molecular flexibility index (Phi) is 41.3. The van der Waals surface area contributed by atoms with Crippen molar-refractivity contribution in [1.29, 1.82) is 0 Å². The number of phosphoric ester groups is 1. The van der Waals surface area contributed by atoms with E-state index >= 15 is 0 Å². The van der Waals surface area contributed by atoms with Gasteiger partial charge in [0.15, 0.2) is 6.10 Å². The molecular weight excluding hydrogens is 783 g/mol. The molecule has 5 N–H and O–H groups in total. The van der Waals surface area contributed by atoms with Crippen molar-refractivity contribution in [3.05, 3.63) is 0 Å². The number of ether oxygens (including phenoxy) is 4. The highest BCUT2D eigenvalue weighted by Gasteiger charge is 2.27. The van der Waals surface area contributed by atoms with Crippen molar-refractivity contribution in [2.45, 2.75) is 218 Å². The van der Waals surface area contributed by atoms with Gasteiger partial charge in [0, 0.05) is 12.8 Å². The minimum Gasteiger partial charge on any atom is -0.462 e. The number of carbonyl (C=O) groups excluding carboxylic acids is 2. The Hall–Kier alpha value is -1.19. The highest BCUT2D eigenvalue weighted by atomic mass is 31.2. The number of hydrogen-bond donors (Lipinski definition) is 5. The fourth-order valence-electron chi connectivity index (χ4n) is 6.42. The van der Waals surface area contributed by atoms with E-state index in [1.165, 1.54) is 116 Å². The third-order valence-corrected chi connectivity index (χ3v) is 11.0. The summed E-state index contributed by atoms with van der Waals surface area (Å²) in [7, 11) is -4.73. The summed E-state index contributed by atoms with van der Waals surface area (Å²) in [6.07, 6.45) is 26.5. The van der Waals surface area contributed by atoms with Gasteiger partial charge in [-0.25, -0.2) is 4.57 Å². The Morgan fingerprint density at radius 3 is 1.20 bits per heavy atom. The van der Waals surface area contributed by atoms with E-state index in [2.05, 4.69) is 13.8 Å². The van der Waals surface area contributed by atoms with E-state index in [0.717, 1.165) is 38.5 Å². The molecule has 15 heteroatoms. The molecule has 14 nitrogen and oxygen atoms in total. The summed E-state index contributed by atoms with van der Waals surface area (Å²) in [6, 6.07) is 0. The largest absolute Gasteiger partial charge is 0.472 e. The fourth-order valence-corrected chi connectivity index (χ4v) is 7.21. The topological polar surface area (TPSA) is 208 Å². The van der Waals surface area contributed by atoms with E-state index in [1.54, 1.807) is 0 Å². The van der Waals surface area contributed by atoms with Gasteiger partial charge in [0.2, 0.25) is 0 Å². The minimum absolute atomic E-state index is 0.159. The average Bonchev–Trinajstić information content (AvgIpc) is 3.21. The van der Waals surface area contributed by atoms with Gasteiger partial charge in [-0.15, -0.1) is 0 Å². The number of carbonyl (C=O) groups is 2. The third-order valence-electron chi connectivity index (χ3n) is 10.0. The quantitative estimate of drug-likeness (QED) is 0.0221. The molecule has 0 aliphatic carbocycles. The molecule has 0 fully saturated rings. The Morgan fingerprint density at radius 1 is 0.458 bits per heavy atom. The number of esters is 2. The summed E-state index contributed by atoms with van der Waals surface area (Å²) in [6.45, 7) is 1.51. The second kappa shape index (κ2) is 42.1. The Labute approximate surface area is 357 Å². The zero-order valence-corrected chi connectivity index (χ0v) is 38.0. The van der Waals surface area contributed by atoms with Gasteiger partial charge in [-0.05, 0) is 12.8 Å². The molecule has 0 aliphatic heterocycles. The van der Waals surface area contributed by atoms with Gasteiger partial charge in [0.25, 0.3) is 0 Å². The number of aliphatic hydroxyl groups excluding tert-OH is 4. The number of hydrogen-bond acceptors (Lipinski definition) is 13. The SMILES string of the molecule is CCCCCCCCCCCCCCCC(=O)OCC(COP(=O)(O)OCC(O)COCC(O)COCC(O)CO)OC(=O)CCCCCCCCCCCCCCC. The Bertz CT molecular complexity index is 989. The maximum Gasteiger partial charge on any atom is 0.472 e. The molecule has 0 aromatic carbocycles. The monoisotopic (exact) mass is 871 g/mol. The first-order chi connectivity index (χ1) is 28.5. The highest BCUT2D eigenvalue weighted by molar-refractivity contribution is 7.47. The van der Waals surface area contributed by atoms with Gasteiger partial charge in [-0.2, -0.15) is 0 Å². The second-order valence-electron chi connectivity index (χ2n) is 16.1. The predicted octanol–water partition coefficient (Wildman–Crippen LogP) is 8.65. The van der Waals surface area contributed by atoms with Crippen LogP contribution in [0.3, 0.4) is 0 Å². The van der Waals surface area contributed by atoms with E-state index in [4.69, 9.17) is 33.1 Å². The average molecular weight is 871 g/mol. The van der Waals surface area contributed by atoms with Gasteiger partial charge in [-0.3, -0.25) is 18.6 Å². The van der Waals surface area contributed by atoms with Crippen LogP contribution in [0.15, 0.2) is 0 Å². The fraction of sp³-hybridized carbons (Fsp3) is 0.955. The van der Waals surface area contributed by atoms with Gasteiger partial charge in [-0.1, -0.05) is 168 Å². The zero-order valence-electron chi connectivity index (χ0n) is 37.1. The maximum absolute atomic E-state index is 12.7. The van der Waals surface area contributed by atoms with Crippen LogP contribution in [0.2, 0.25) is 0 Å². The number of phosphoric acid groups is 1. The van der Waals surface area contributed by atoms with E-state index in [-0.39, 0.29) is 45.9 Å². The van der Waals surface area contributed by atoms with Crippen LogP contribution >= 0.6 is 7.82 Å². The number of rotatable bonds is 46. The molecule has 0 spiro atoms. The van der Waals surface area contributed by atoms with E-state index in [9.17, 15) is 34.4 Å². The minimum atomic E-state index is -4.73. The lowest BCUT2D eigenvalue weighted by atomic mass is 10.0. The Morgan fingerprint density at radius 2 is 0.797 bits per heavy atom. The smallest absolute Gasteiger partial charge is 0.462 e. The van der Waals surface area contributed by atoms with Crippen LogP contribution in [0.4, 0.5) is 0 Å². The molecule has 352 valence electrons. The Balaban J connectivity index is 4.61. The summed E-state index contributed by atoms with van der Waals surface area (Å²) in [4.78, 5) is 35.5. The number of aliphatic hydroxyl groups is 4. The summed E-state index contributed by atoms with van der Waals surface area (Å²) in [5, 5.41) is 38.0. The molecule has 59 heavy (non-hydrogen) atoms. The molecule has 0 rings (SSSR count). The molecule has 5 atom stereocenters. The third kappa shape index (κ3) is 41.9.